The molecular weight excluding hydrogens is 323 g/mol. The minimum atomic E-state index is -0.414. The molecule has 6 heteroatoms. The zero-order valence-corrected chi connectivity index (χ0v) is 13.9. The fourth-order valence-electron chi connectivity index (χ4n) is 2.87. The maximum Gasteiger partial charge on any atom is 0.229 e. The SMILES string of the molecule is COc1cccc(CN2CC(C(=O)Nc3ccc(F)cc3)CC2=O)c1. The second-order valence-electron chi connectivity index (χ2n) is 6.02. The number of halogens is 1. The van der Waals surface area contributed by atoms with Gasteiger partial charge in [-0.2, -0.15) is 0 Å². The highest BCUT2D eigenvalue weighted by molar-refractivity contribution is 5.97. The lowest BCUT2D eigenvalue weighted by Gasteiger charge is -2.17. The number of rotatable bonds is 5. The third-order valence-corrected chi connectivity index (χ3v) is 4.20. The first-order valence-corrected chi connectivity index (χ1v) is 8.02. The van der Waals surface area contributed by atoms with Gasteiger partial charge in [0.05, 0.1) is 13.0 Å². The maximum atomic E-state index is 12.9. The molecule has 1 saturated heterocycles. The summed E-state index contributed by atoms with van der Waals surface area (Å²) < 4.78 is 18.1. The van der Waals surface area contributed by atoms with Crippen LogP contribution in [0.5, 0.6) is 5.75 Å². The molecule has 0 spiro atoms. The van der Waals surface area contributed by atoms with Crippen molar-refractivity contribution in [3.05, 3.63) is 59.9 Å². The van der Waals surface area contributed by atoms with E-state index in [9.17, 15) is 14.0 Å². The predicted molar refractivity (Wildman–Crippen MR) is 91.5 cm³/mol. The summed E-state index contributed by atoms with van der Waals surface area (Å²) in [5.41, 5.74) is 1.47. The number of benzene rings is 2. The molecule has 1 aliphatic heterocycles. The van der Waals surface area contributed by atoms with Crippen molar-refractivity contribution in [3.63, 3.8) is 0 Å². The van der Waals surface area contributed by atoms with Crippen molar-refractivity contribution < 1.29 is 18.7 Å². The van der Waals surface area contributed by atoms with Gasteiger partial charge in [0.25, 0.3) is 0 Å². The van der Waals surface area contributed by atoms with Crippen molar-refractivity contribution in [1.29, 1.82) is 0 Å². The zero-order chi connectivity index (χ0) is 17.8. The van der Waals surface area contributed by atoms with Crippen LogP contribution >= 0.6 is 0 Å². The van der Waals surface area contributed by atoms with Gasteiger partial charge >= 0.3 is 0 Å². The number of anilines is 1. The number of ether oxygens (including phenoxy) is 1. The van der Waals surface area contributed by atoms with Gasteiger partial charge in [0, 0.05) is 25.2 Å². The standard InChI is InChI=1S/C19H19FN2O3/c1-25-17-4-2-3-13(9-17)11-22-12-14(10-18(22)23)19(24)21-16-7-5-15(20)6-8-16/h2-9,14H,10-12H2,1H3,(H,21,24). The number of amides is 2. The third kappa shape index (κ3) is 4.15. The Labute approximate surface area is 145 Å². The van der Waals surface area contributed by atoms with Crippen molar-refractivity contribution in [3.8, 4) is 5.75 Å². The molecule has 2 aromatic carbocycles. The summed E-state index contributed by atoms with van der Waals surface area (Å²) in [4.78, 5) is 26.2. The molecular formula is C19H19FN2O3. The van der Waals surface area contributed by atoms with Crippen LogP contribution < -0.4 is 10.1 Å². The van der Waals surface area contributed by atoms with Gasteiger partial charge in [0.1, 0.15) is 11.6 Å². The molecule has 130 valence electrons. The van der Waals surface area contributed by atoms with E-state index in [1.165, 1.54) is 24.3 Å². The van der Waals surface area contributed by atoms with E-state index in [-0.39, 0.29) is 24.1 Å². The van der Waals surface area contributed by atoms with Gasteiger partial charge < -0.3 is 15.0 Å². The molecule has 3 rings (SSSR count). The Kier molecular flexibility index (Phi) is 4.97. The average molecular weight is 342 g/mol. The number of nitrogens with one attached hydrogen (secondary N) is 1. The van der Waals surface area contributed by atoms with E-state index in [0.29, 0.717) is 18.8 Å². The van der Waals surface area contributed by atoms with E-state index in [4.69, 9.17) is 4.74 Å². The Hall–Kier alpha value is -2.89. The molecule has 1 unspecified atom stereocenters. The van der Waals surface area contributed by atoms with Crippen molar-refractivity contribution in [2.75, 3.05) is 19.0 Å². The molecule has 1 N–H and O–H groups in total. The van der Waals surface area contributed by atoms with E-state index in [2.05, 4.69) is 5.32 Å². The number of carbonyl (C=O) groups is 2. The average Bonchev–Trinajstić information content (AvgIpc) is 2.98. The van der Waals surface area contributed by atoms with Crippen LogP contribution in [0.1, 0.15) is 12.0 Å². The number of carbonyl (C=O) groups excluding carboxylic acids is 2. The Bertz CT molecular complexity index is 776. The number of nitrogens with zero attached hydrogens (tertiary/aromatic N) is 1. The molecule has 1 aliphatic rings. The van der Waals surface area contributed by atoms with Crippen LogP contribution in [-0.4, -0.2) is 30.4 Å². The summed E-state index contributed by atoms with van der Waals surface area (Å²) in [5, 5.41) is 2.73. The first-order valence-electron chi connectivity index (χ1n) is 8.02. The van der Waals surface area contributed by atoms with Gasteiger partial charge in [0.15, 0.2) is 0 Å². The van der Waals surface area contributed by atoms with Crippen molar-refractivity contribution in [1.82, 2.24) is 4.90 Å². The Balaban J connectivity index is 1.61. The zero-order valence-electron chi connectivity index (χ0n) is 13.9. The summed E-state index contributed by atoms with van der Waals surface area (Å²) in [6.45, 7) is 0.805. The molecule has 0 radical (unpaired) electrons. The second-order valence-corrected chi connectivity index (χ2v) is 6.02. The first kappa shape index (κ1) is 17.0. The Morgan fingerprint density at radius 2 is 2.04 bits per heavy atom. The van der Waals surface area contributed by atoms with Crippen molar-refractivity contribution in [2.45, 2.75) is 13.0 Å². The normalized spacial score (nSPS) is 16.8. The highest BCUT2D eigenvalue weighted by Gasteiger charge is 2.34. The molecule has 2 aromatic rings. The summed E-state index contributed by atoms with van der Waals surface area (Å²) in [6.07, 6.45) is 0.178. The quantitative estimate of drug-likeness (QED) is 0.909. The van der Waals surface area contributed by atoms with Gasteiger partial charge in [-0.05, 0) is 42.0 Å². The lowest BCUT2D eigenvalue weighted by Crippen LogP contribution is -2.28. The van der Waals surface area contributed by atoms with Gasteiger partial charge in [-0.1, -0.05) is 12.1 Å². The molecule has 0 saturated carbocycles. The maximum absolute atomic E-state index is 12.9. The molecule has 0 aromatic heterocycles. The van der Waals surface area contributed by atoms with Gasteiger partial charge in [-0.3, -0.25) is 9.59 Å². The van der Waals surface area contributed by atoms with Crippen LogP contribution in [0, 0.1) is 11.7 Å². The molecule has 2 amide bonds. The lowest BCUT2D eigenvalue weighted by molar-refractivity contribution is -0.128. The molecule has 25 heavy (non-hydrogen) atoms. The fraction of sp³-hybridized carbons (Fsp3) is 0.263. The third-order valence-electron chi connectivity index (χ3n) is 4.20. The van der Waals surface area contributed by atoms with Crippen LogP contribution in [0.3, 0.4) is 0 Å². The molecule has 1 fully saturated rings. The largest absolute Gasteiger partial charge is 0.497 e. The molecule has 0 aliphatic carbocycles. The molecule has 0 bridgehead atoms. The van der Waals surface area contributed by atoms with Gasteiger partial charge in [-0.25, -0.2) is 4.39 Å². The van der Waals surface area contributed by atoms with E-state index in [0.717, 1.165) is 11.3 Å². The number of hydrogen-bond acceptors (Lipinski definition) is 3. The topological polar surface area (TPSA) is 58.6 Å². The summed E-state index contributed by atoms with van der Waals surface area (Å²) in [6, 6.07) is 13.1. The van der Waals surface area contributed by atoms with Crippen LogP contribution in [0.25, 0.3) is 0 Å². The van der Waals surface area contributed by atoms with E-state index in [1.807, 2.05) is 24.3 Å². The van der Waals surface area contributed by atoms with E-state index < -0.39 is 5.92 Å². The molecule has 5 nitrogen and oxygen atoms in total. The van der Waals surface area contributed by atoms with Crippen LogP contribution in [0.2, 0.25) is 0 Å². The minimum Gasteiger partial charge on any atom is -0.497 e. The molecule has 1 atom stereocenters. The van der Waals surface area contributed by atoms with Crippen LogP contribution in [0.4, 0.5) is 10.1 Å². The van der Waals surface area contributed by atoms with Gasteiger partial charge in [-0.15, -0.1) is 0 Å². The monoisotopic (exact) mass is 342 g/mol. The minimum absolute atomic E-state index is 0.0536. The summed E-state index contributed by atoms with van der Waals surface area (Å²) in [7, 11) is 1.59. The summed E-state index contributed by atoms with van der Waals surface area (Å²) >= 11 is 0. The number of hydrogen-bond donors (Lipinski definition) is 1. The predicted octanol–water partition coefficient (Wildman–Crippen LogP) is 2.82. The van der Waals surface area contributed by atoms with Crippen LogP contribution in [-0.2, 0) is 16.1 Å². The molecule has 1 heterocycles. The van der Waals surface area contributed by atoms with E-state index >= 15 is 0 Å². The van der Waals surface area contributed by atoms with Gasteiger partial charge in [0.2, 0.25) is 11.8 Å². The van der Waals surface area contributed by atoms with Crippen molar-refractivity contribution >= 4 is 17.5 Å². The number of methoxy groups -OCH3 is 1. The van der Waals surface area contributed by atoms with E-state index in [1.54, 1.807) is 12.0 Å². The Morgan fingerprint density at radius 3 is 2.76 bits per heavy atom. The highest BCUT2D eigenvalue weighted by atomic mass is 19.1. The van der Waals surface area contributed by atoms with Crippen molar-refractivity contribution in [2.24, 2.45) is 5.92 Å². The first-order chi connectivity index (χ1) is 12.0. The fourth-order valence-corrected chi connectivity index (χ4v) is 2.87. The summed E-state index contributed by atoms with van der Waals surface area (Å²) in [5.74, 6) is -0.327. The Morgan fingerprint density at radius 1 is 1.28 bits per heavy atom. The highest BCUT2D eigenvalue weighted by Crippen LogP contribution is 2.23. The number of likely N-dealkylation sites (tertiary alicyclic amines) is 1. The smallest absolute Gasteiger partial charge is 0.229 e. The second kappa shape index (κ2) is 7.34. The van der Waals surface area contributed by atoms with Crippen LogP contribution in [0.15, 0.2) is 48.5 Å². The lowest BCUT2D eigenvalue weighted by atomic mass is 10.1.